The van der Waals surface area contributed by atoms with E-state index in [0.717, 1.165) is 38.3 Å². The summed E-state index contributed by atoms with van der Waals surface area (Å²) in [7, 11) is 3.78. The van der Waals surface area contributed by atoms with Gasteiger partial charge in [-0.1, -0.05) is 6.92 Å². The van der Waals surface area contributed by atoms with Crippen molar-refractivity contribution >= 4 is 11.6 Å². The van der Waals surface area contributed by atoms with Gasteiger partial charge in [0.15, 0.2) is 11.6 Å². The van der Waals surface area contributed by atoms with E-state index in [0.29, 0.717) is 17.6 Å². The number of nitrogen functional groups attached to an aromatic ring is 1. The van der Waals surface area contributed by atoms with E-state index in [1.54, 1.807) is 7.11 Å². The molecule has 0 saturated carbocycles. The predicted octanol–water partition coefficient (Wildman–Crippen LogP) is 0.988. The van der Waals surface area contributed by atoms with Crippen molar-refractivity contribution in [3.8, 4) is 5.75 Å². The number of hydrogen-bond donors (Lipinski definition) is 1. The summed E-state index contributed by atoms with van der Waals surface area (Å²) < 4.78 is 5.38. The van der Waals surface area contributed by atoms with Crippen LogP contribution in [0.5, 0.6) is 5.75 Å². The van der Waals surface area contributed by atoms with E-state index >= 15 is 0 Å². The van der Waals surface area contributed by atoms with Gasteiger partial charge in [0.1, 0.15) is 6.33 Å². The minimum absolute atomic E-state index is 0.403. The molecular formula is C13H23N5O. The Morgan fingerprint density at radius 1 is 1.42 bits per heavy atom. The molecule has 2 heterocycles. The third-order valence-electron chi connectivity index (χ3n) is 3.66. The topological polar surface area (TPSA) is 67.5 Å². The van der Waals surface area contributed by atoms with Crippen molar-refractivity contribution in [2.75, 3.05) is 44.4 Å². The van der Waals surface area contributed by atoms with Gasteiger partial charge in [-0.05, 0) is 26.4 Å². The molecule has 1 unspecified atom stereocenters. The van der Waals surface area contributed by atoms with E-state index in [9.17, 15) is 0 Å². The minimum Gasteiger partial charge on any atom is -0.490 e. The number of aromatic nitrogens is 2. The van der Waals surface area contributed by atoms with E-state index in [4.69, 9.17) is 10.5 Å². The van der Waals surface area contributed by atoms with Crippen LogP contribution in [0.2, 0.25) is 0 Å². The SMILES string of the molecule is CCC1CN(C)CCCN1c1ncnc(N)c1OC. The zero-order valence-corrected chi connectivity index (χ0v) is 12.0. The van der Waals surface area contributed by atoms with Crippen LogP contribution in [-0.4, -0.2) is 54.7 Å². The molecule has 6 heteroatoms. The molecule has 19 heavy (non-hydrogen) atoms. The minimum atomic E-state index is 0.403. The lowest BCUT2D eigenvalue weighted by molar-refractivity contribution is 0.327. The molecule has 0 spiro atoms. The molecule has 1 aliphatic heterocycles. The van der Waals surface area contributed by atoms with Crippen molar-refractivity contribution in [2.24, 2.45) is 0 Å². The maximum absolute atomic E-state index is 5.88. The highest BCUT2D eigenvalue weighted by Gasteiger charge is 2.26. The van der Waals surface area contributed by atoms with Crippen LogP contribution in [0, 0.1) is 0 Å². The van der Waals surface area contributed by atoms with Crippen LogP contribution in [0.25, 0.3) is 0 Å². The molecule has 1 atom stereocenters. The summed E-state index contributed by atoms with van der Waals surface area (Å²) in [6, 6.07) is 0.427. The summed E-state index contributed by atoms with van der Waals surface area (Å²) in [5, 5.41) is 0. The second-order valence-corrected chi connectivity index (χ2v) is 4.99. The van der Waals surface area contributed by atoms with Crippen molar-refractivity contribution in [1.82, 2.24) is 14.9 Å². The maximum Gasteiger partial charge on any atom is 0.204 e. The molecule has 0 aliphatic carbocycles. The van der Waals surface area contributed by atoms with Crippen molar-refractivity contribution < 1.29 is 4.74 Å². The van der Waals surface area contributed by atoms with Gasteiger partial charge >= 0.3 is 0 Å². The maximum atomic E-state index is 5.88. The number of methoxy groups -OCH3 is 1. The zero-order chi connectivity index (χ0) is 13.8. The summed E-state index contributed by atoms with van der Waals surface area (Å²) in [5.41, 5.74) is 5.88. The van der Waals surface area contributed by atoms with Gasteiger partial charge in [-0.2, -0.15) is 0 Å². The summed E-state index contributed by atoms with van der Waals surface area (Å²) >= 11 is 0. The normalized spacial score (nSPS) is 21.2. The number of rotatable bonds is 3. The zero-order valence-electron chi connectivity index (χ0n) is 12.0. The first-order valence-corrected chi connectivity index (χ1v) is 6.77. The molecule has 1 aromatic heterocycles. The average molecular weight is 265 g/mol. The van der Waals surface area contributed by atoms with Gasteiger partial charge in [0.05, 0.1) is 7.11 Å². The van der Waals surface area contributed by atoms with E-state index in [1.807, 2.05) is 0 Å². The van der Waals surface area contributed by atoms with Gasteiger partial charge in [0, 0.05) is 19.1 Å². The lowest BCUT2D eigenvalue weighted by atomic mass is 10.2. The van der Waals surface area contributed by atoms with Crippen LogP contribution >= 0.6 is 0 Å². The smallest absolute Gasteiger partial charge is 0.204 e. The number of nitrogens with two attached hydrogens (primary N) is 1. The van der Waals surface area contributed by atoms with Gasteiger partial charge in [-0.15, -0.1) is 0 Å². The monoisotopic (exact) mass is 265 g/mol. The van der Waals surface area contributed by atoms with Gasteiger partial charge in [-0.3, -0.25) is 0 Å². The molecule has 1 aromatic rings. The standard InChI is InChI=1S/C13H23N5O/c1-4-10-8-17(2)6-5-7-18(10)13-11(19-3)12(14)15-9-16-13/h9-10H,4-8H2,1-3H3,(H2,14,15,16). The van der Waals surface area contributed by atoms with Crippen LogP contribution in [0.3, 0.4) is 0 Å². The Bertz CT molecular complexity index is 425. The molecular weight excluding hydrogens is 242 g/mol. The third-order valence-corrected chi connectivity index (χ3v) is 3.66. The fraction of sp³-hybridized carbons (Fsp3) is 0.692. The van der Waals surface area contributed by atoms with Crippen molar-refractivity contribution in [3.05, 3.63) is 6.33 Å². The molecule has 0 amide bonds. The highest BCUT2D eigenvalue weighted by molar-refractivity contribution is 5.63. The number of ether oxygens (including phenoxy) is 1. The Kier molecular flexibility index (Phi) is 4.42. The molecule has 2 rings (SSSR count). The number of anilines is 2. The first-order valence-electron chi connectivity index (χ1n) is 6.77. The molecule has 1 saturated heterocycles. The second-order valence-electron chi connectivity index (χ2n) is 4.99. The van der Waals surface area contributed by atoms with E-state index in [-0.39, 0.29) is 0 Å². The van der Waals surface area contributed by atoms with E-state index < -0.39 is 0 Å². The first-order chi connectivity index (χ1) is 9.17. The summed E-state index contributed by atoms with van der Waals surface area (Å²) in [6.07, 6.45) is 3.69. The Morgan fingerprint density at radius 3 is 2.89 bits per heavy atom. The van der Waals surface area contributed by atoms with Crippen LogP contribution in [0.1, 0.15) is 19.8 Å². The first kappa shape index (κ1) is 13.9. The molecule has 106 valence electrons. The lowest BCUT2D eigenvalue weighted by Crippen LogP contribution is -2.40. The fourth-order valence-electron chi connectivity index (χ4n) is 2.65. The van der Waals surface area contributed by atoms with Gasteiger partial charge in [0.25, 0.3) is 0 Å². The number of nitrogens with zero attached hydrogens (tertiary/aromatic N) is 4. The second kappa shape index (κ2) is 6.06. The highest BCUT2D eigenvalue weighted by Crippen LogP contribution is 2.32. The van der Waals surface area contributed by atoms with Gasteiger partial charge in [0.2, 0.25) is 5.75 Å². The predicted molar refractivity (Wildman–Crippen MR) is 76.5 cm³/mol. The summed E-state index contributed by atoms with van der Waals surface area (Å²) in [4.78, 5) is 13.1. The summed E-state index contributed by atoms with van der Waals surface area (Å²) in [5.74, 6) is 1.81. The van der Waals surface area contributed by atoms with Crippen LogP contribution < -0.4 is 15.4 Å². The van der Waals surface area contributed by atoms with Crippen LogP contribution in [0.4, 0.5) is 11.6 Å². The van der Waals surface area contributed by atoms with Crippen LogP contribution in [-0.2, 0) is 0 Å². The van der Waals surface area contributed by atoms with E-state index in [2.05, 4.69) is 33.7 Å². The van der Waals surface area contributed by atoms with E-state index in [1.165, 1.54) is 6.33 Å². The molecule has 1 aliphatic rings. The number of likely N-dealkylation sites (N-methyl/N-ethyl adjacent to an activating group) is 1. The van der Waals surface area contributed by atoms with Crippen molar-refractivity contribution in [2.45, 2.75) is 25.8 Å². The Morgan fingerprint density at radius 2 is 2.21 bits per heavy atom. The van der Waals surface area contributed by atoms with Crippen molar-refractivity contribution in [1.29, 1.82) is 0 Å². The quantitative estimate of drug-likeness (QED) is 0.879. The fourth-order valence-corrected chi connectivity index (χ4v) is 2.65. The Hall–Kier alpha value is -1.56. The number of hydrogen-bond acceptors (Lipinski definition) is 6. The molecule has 2 N–H and O–H groups in total. The van der Waals surface area contributed by atoms with Gasteiger partial charge < -0.3 is 20.3 Å². The molecule has 0 radical (unpaired) electrons. The molecule has 0 bridgehead atoms. The summed E-state index contributed by atoms with van der Waals surface area (Å²) in [6.45, 7) is 5.31. The van der Waals surface area contributed by atoms with Crippen molar-refractivity contribution in [3.63, 3.8) is 0 Å². The molecule has 6 nitrogen and oxygen atoms in total. The molecule has 0 aromatic carbocycles. The Balaban J connectivity index is 2.35. The van der Waals surface area contributed by atoms with Crippen LogP contribution in [0.15, 0.2) is 6.33 Å². The molecule has 1 fully saturated rings. The average Bonchev–Trinajstić information content (AvgIpc) is 2.59. The lowest BCUT2D eigenvalue weighted by Gasteiger charge is -2.32. The Labute approximate surface area is 114 Å². The highest BCUT2D eigenvalue weighted by atomic mass is 16.5. The third kappa shape index (κ3) is 2.89. The largest absolute Gasteiger partial charge is 0.490 e. The van der Waals surface area contributed by atoms with Gasteiger partial charge in [-0.25, -0.2) is 9.97 Å².